The Morgan fingerprint density at radius 1 is 1.04 bits per heavy atom. The first-order valence-electron chi connectivity index (χ1n) is 8.02. The van der Waals surface area contributed by atoms with Crippen LogP contribution in [0.15, 0.2) is 48.5 Å². The zero-order chi connectivity index (χ0) is 17.7. The quantitative estimate of drug-likeness (QED) is 0.885. The van der Waals surface area contributed by atoms with Crippen molar-refractivity contribution in [3.63, 3.8) is 0 Å². The van der Waals surface area contributed by atoms with E-state index in [1.807, 2.05) is 42.5 Å². The van der Waals surface area contributed by atoms with Gasteiger partial charge in [-0.15, -0.1) is 0 Å². The Bertz CT molecular complexity index is 687. The smallest absolute Gasteiger partial charge is 0.265 e. The second-order valence-electron chi connectivity index (χ2n) is 6.76. The molecule has 1 amide bonds. The molecular formula is C20H25NO3. The molecule has 4 nitrogen and oxygen atoms in total. The Balaban J connectivity index is 1.98. The number of benzene rings is 2. The third kappa shape index (κ3) is 4.75. The molecule has 2 rings (SSSR count). The van der Waals surface area contributed by atoms with Crippen molar-refractivity contribution in [3.8, 4) is 11.5 Å². The summed E-state index contributed by atoms with van der Waals surface area (Å²) in [5.41, 5.74) is 2.00. The molecule has 0 bridgehead atoms. The maximum Gasteiger partial charge on any atom is 0.265 e. The van der Waals surface area contributed by atoms with Crippen molar-refractivity contribution in [2.45, 2.75) is 39.2 Å². The Morgan fingerprint density at radius 2 is 1.71 bits per heavy atom. The summed E-state index contributed by atoms with van der Waals surface area (Å²) in [6.45, 7) is 8.21. The van der Waals surface area contributed by atoms with Gasteiger partial charge in [0.1, 0.15) is 11.5 Å². The molecular weight excluding hydrogens is 302 g/mol. The minimum absolute atomic E-state index is 0.0912. The second-order valence-corrected chi connectivity index (χ2v) is 6.76. The molecule has 0 aliphatic heterocycles. The average molecular weight is 327 g/mol. The molecule has 0 saturated carbocycles. The van der Waals surface area contributed by atoms with Crippen LogP contribution in [0.1, 0.15) is 33.3 Å². The summed E-state index contributed by atoms with van der Waals surface area (Å²) in [6.07, 6.45) is -0.600. The van der Waals surface area contributed by atoms with Crippen molar-refractivity contribution in [3.05, 3.63) is 54.1 Å². The number of rotatable bonds is 5. The van der Waals surface area contributed by atoms with Crippen LogP contribution in [0.4, 0.5) is 5.69 Å². The van der Waals surface area contributed by atoms with E-state index in [1.165, 1.54) is 5.56 Å². The monoisotopic (exact) mass is 327 g/mol. The van der Waals surface area contributed by atoms with Gasteiger partial charge in [-0.2, -0.15) is 0 Å². The van der Waals surface area contributed by atoms with E-state index < -0.39 is 6.10 Å². The van der Waals surface area contributed by atoms with Gasteiger partial charge < -0.3 is 14.8 Å². The number of ether oxygens (including phenoxy) is 2. The fraction of sp³-hybridized carbons (Fsp3) is 0.350. The minimum atomic E-state index is -0.600. The molecule has 24 heavy (non-hydrogen) atoms. The van der Waals surface area contributed by atoms with Crippen LogP contribution in [-0.4, -0.2) is 19.1 Å². The van der Waals surface area contributed by atoms with Gasteiger partial charge in [0.05, 0.1) is 7.11 Å². The highest BCUT2D eigenvalue weighted by Gasteiger charge is 2.17. The summed E-state index contributed by atoms with van der Waals surface area (Å²) in [4.78, 5) is 12.3. The zero-order valence-electron chi connectivity index (χ0n) is 14.9. The molecule has 0 aliphatic rings. The van der Waals surface area contributed by atoms with Gasteiger partial charge >= 0.3 is 0 Å². The van der Waals surface area contributed by atoms with Crippen molar-refractivity contribution < 1.29 is 14.3 Å². The van der Waals surface area contributed by atoms with Gasteiger partial charge in [0.25, 0.3) is 5.91 Å². The standard InChI is InChI=1S/C20H25NO3/c1-14(19(22)21-16-7-6-8-18(13-16)23-5)24-17-11-9-15(10-12-17)20(2,3)4/h6-14H,1-5H3,(H,21,22). The van der Waals surface area contributed by atoms with Gasteiger partial charge in [-0.1, -0.05) is 39.0 Å². The van der Waals surface area contributed by atoms with E-state index in [-0.39, 0.29) is 11.3 Å². The first kappa shape index (κ1) is 17.9. The molecule has 0 heterocycles. The van der Waals surface area contributed by atoms with Gasteiger partial charge in [-0.05, 0) is 42.2 Å². The highest BCUT2D eigenvalue weighted by Crippen LogP contribution is 2.25. The average Bonchev–Trinajstić information content (AvgIpc) is 2.54. The van der Waals surface area contributed by atoms with E-state index >= 15 is 0 Å². The summed E-state index contributed by atoms with van der Waals surface area (Å²) < 4.78 is 10.9. The van der Waals surface area contributed by atoms with E-state index in [2.05, 4.69) is 26.1 Å². The molecule has 1 atom stereocenters. The van der Waals surface area contributed by atoms with Gasteiger partial charge in [0, 0.05) is 11.8 Å². The summed E-state index contributed by atoms with van der Waals surface area (Å²) in [6, 6.07) is 15.1. The molecule has 1 unspecified atom stereocenters. The zero-order valence-corrected chi connectivity index (χ0v) is 14.9. The number of anilines is 1. The highest BCUT2D eigenvalue weighted by molar-refractivity contribution is 5.94. The molecule has 0 fully saturated rings. The number of carbonyl (C=O) groups is 1. The number of methoxy groups -OCH3 is 1. The normalized spacial score (nSPS) is 12.4. The Hall–Kier alpha value is -2.49. The van der Waals surface area contributed by atoms with Crippen LogP contribution in [0.2, 0.25) is 0 Å². The molecule has 128 valence electrons. The van der Waals surface area contributed by atoms with Gasteiger partial charge in [-0.25, -0.2) is 0 Å². The minimum Gasteiger partial charge on any atom is -0.497 e. The van der Waals surface area contributed by atoms with Gasteiger partial charge in [-0.3, -0.25) is 4.79 Å². The Labute approximate surface area is 143 Å². The fourth-order valence-electron chi connectivity index (χ4n) is 2.24. The van der Waals surface area contributed by atoms with Gasteiger partial charge in [0.15, 0.2) is 6.10 Å². The number of hydrogen-bond donors (Lipinski definition) is 1. The first-order chi connectivity index (χ1) is 11.3. The van der Waals surface area contributed by atoms with E-state index in [0.29, 0.717) is 17.2 Å². The van der Waals surface area contributed by atoms with E-state index in [9.17, 15) is 4.79 Å². The largest absolute Gasteiger partial charge is 0.497 e. The number of nitrogens with one attached hydrogen (secondary N) is 1. The highest BCUT2D eigenvalue weighted by atomic mass is 16.5. The van der Waals surface area contributed by atoms with Crippen LogP contribution in [0.25, 0.3) is 0 Å². The summed E-state index contributed by atoms with van der Waals surface area (Å²) >= 11 is 0. The maximum atomic E-state index is 12.3. The third-order valence-corrected chi connectivity index (χ3v) is 3.74. The van der Waals surface area contributed by atoms with Crippen LogP contribution in [-0.2, 0) is 10.2 Å². The summed E-state index contributed by atoms with van der Waals surface area (Å²) in [5, 5.41) is 2.83. The Morgan fingerprint density at radius 3 is 2.29 bits per heavy atom. The first-order valence-corrected chi connectivity index (χ1v) is 8.02. The predicted octanol–water partition coefficient (Wildman–Crippen LogP) is 4.40. The number of hydrogen-bond acceptors (Lipinski definition) is 3. The second kappa shape index (κ2) is 7.39. The molecule has 0 aromatic heterocycles. The lowest BCUT2D eigenvalue weighted by Crippen LogP contribution is -2.30. The van der Waals surface area contributed by atoms with Crippen molar-refractivity contribution >= 4 is 11.6 Å². The van der Waals surface area contributed by atoms with E-state index in [4.69, 9.17) is 9.47 Å². The molecule has 0 spiro atoms. The van der Waals surface area contributed by atoms with Crippen molar-refractivity contribution in [2.24, 2.45) is 0 Å². The van der Waals surface area contributed by atoms with Crippen molar-refractivity contribution in [1.82, 2.24) is 0 Å². The lowest BCUT2D eigenvalue weighted by molar-refractivity contribution is -0.122. The number of carbonyl (C=O) groups excluding carboxylic acids is 1. The lowest BCUT2D eigenvalue weighted by atomic mass is 9.87. The van der Waals surface area contributed by atoms with Crippen LogP contribution in [0, 0.1) is 0 Å². The van der Waals surface area contributed by atoms with Crippen LogP contribution >= 0.6 is 0 Å². The number of amides is 1. The van der Waals surface area contributed by atoms with E-state index in [1.54, 1.807) is 20.1 Å². The molecule has 2 aromatic rings. The van der Waals surface area contributed by atoms with E-state index in [0.717, 1.165) is 0 Å². The molecule has 0 saturated heterocycles. The molecule has 4 heteroatoms. The predicted molar refractivity (Wildman–Crippen MR) is 96.9 cm³/mol. The molecule has 0 radical (unpaired) electrons. The van der Waals surface area contributed by atoms with Crippen LogP contribution < -0.4 is 14.8 Å². The van der Waals surface area contributed by atoms with Crippen LogP contribution in [0.5, 0.6) is 11.5 Å². The van der Waals surface area contributed by atoms with Gasteiger partial charge in [0.2, 0.25) is 0 Å². The molecule has 2 aromatic carbocycles. The fourth-order valence-corrected chi connectivity index (χ4v) is 2.24. The molecule has 1 N–H and O–H groups in total. The lowest BCUT2D eigenvalue weighted by Gasteiger charge is -2.20. The van der Waals surface area contributed by atoms with Crippen molar-refractivity contribution in [2.75, 3.05) is 12.4 Å². The summed E-state index contributed by atoms with van der Waals surface area (Å²) in [7, 11) is 1.59. The SMILES string of the molecule is COc1cccc(NC(=O)C(C)Oc2ccc(C(C)(C)C)cc2)c1. The summed E-state index contributed by atoms with van der Waals surface area (Å²) in [5.74, 6) is 1.17. The molecule has 0 aliphatic carbocycles. The topological polar surface area (TPSA) is 47.6 Å². The Kier molecular flexibility index (Phi) is 5.50. The van der Waals surface area contributed by atoms with Crippen molar-refractivity contribution in [1.29, 1.82) is 0 Å². The van der Waals surface area contributed by atoms with Crippen LogP contribution in [0.3, 0.4) is 0 Å². The third-order valence-electron chi connectivity index (χ3n) is 3.74. The maximum absolute atomic E-state index is 12.3.